The van der Waals surface area contributed by atoms with Crippen molar-refractivity contribution in [1.29, 1.82) is 0 Å². The van der Waals surface area contributed by atoms with E-state index in [1.165, 1.54) is 12.4 Å². The van der Waals surface area contributed by atoms with Crippen LogP contribution in [0.2, 0.25) is 0 Å². The predicted octanol–water partition coefficient (Wildman–Crippen LogP) is -0.842. The first-order valence-corrected chi connectivity index (χ1v) is 2.57. The summed E-state index contributed by atoms with van der Waals surface area (Å²) in [5, 5.41) is 0. The molecule has 0 unspecified atom stereocenters. The van der Waals surface area contributed by atoms with Crippen molar-refractivity contribution in [2.24, 2.45) is 5.73 Å². The lowest BCUT2D eigenvalue weighted by Gasteiger charge is -1.92. The van der Waals surface area contributed by atoms with Gasteiger partial charge < -0.3 is 11.5 Å². The lowest BCUT2D eigenvalue weighted by Crippen LogP contribution is -2.12. The van der Waals surface area contributed by atoms with Crippen LogP contribution in [0.1, 0.15) is 10.4 Å². The van der Waals surface area contributed by atoms with E-state index >= 15 is 0 Å². The van der Waals surface area contributed by atoms with E-state index in [-0.39, 0.29) is 11.5 Å². The number of carbonyl (C=O) groups excluding carboxylic acids is 1. The number of nitrogens with two attached hydrogens (primary N) is 2. The number of amides is 1. The van der Waals surface area contributed by atoms with Crippen molar-refractivity contribution in [1.82, 2.24) is 9.97 Å². The van der Waals surface area contributed by atoms with E-state index < -0.39 is 5.91 Å². The van der Waals surface area contributed by atoms with Crippen molar-refractivity contribution in [2.45, 2.75) is 0 Å². The van der Waals surface area contributed by atoms with Crippen molar-refractivity contribution in [3.63, 3.8) is 0 Å². The number of hydrogen-bond acceptors (Lipinski definition) is 4. The highest BCUT2D eigenvalue weighted by Crippen LogP contribution is 1.93. The third-order valence-electron chi connectivity index (χ3n) is 0.956. The summed E-state index contributed by atoms with van der Waals surface area (Å²) in [6.45, 7) is 0. The van der Waals surface area contributed by atoms with Gasteiger partial charge >= 0.3 is 0 Å². The summed E-state index contributed by atoms with van der Waals surface area (Å²) in [4.78, 5) is 17.5. The Kier molecular flexibility index (Phi) is 1.49. The smallest absolute Gasteiger partial charge is 0.251 e. The number of rotatable bonds is 1. The van der Waals surface area contributed by atoms with Crippen molar-refractivity contribution in [3.8, 4) is 0 Å². The van der Waals surface area contributed by atoms with Crippen LogP contribution in [-0.4, -0.2) is 15.9 Å². The van der Waals surface area contributed by atoms with Crippen molar-refractivity contribution in [3.05, 3.63) is 18.0 Å². The quantitative estimate of drug-likeness (QED) is 0.528. The number of hydrogen-bond donors (Lipinski definition) is 2. The van der Waals surface area contributed by atoms with E-state index in [2.05, 4.69) is 9.97 Å². The molecule has 1 rings (SSSR count). The summed E-state index contributed by atoms with van der Waals surface area (Å²) in [5.74, 6) is -0.426. The van der Waals surface area contributed by atoms with Crippen LogP contribution < -0.4 is 11.5 Å². The monoisotopic (exact) mass is 138 g/mol. The Balaban J connectivity index is 3.00. The first-order chi connectivity index (χ1) is 4.70. The molecule has 1 aromatic heterocycles. The largest absolute Gasteiger partial charge is 0.368 e. The lowest BCUT2D eigenvalue weighted by atomic mass is 10.3. The van der Waals surface area contributed by atoms with Crippen LogP contribution in [0.25, 0.3) is 0 Å². The van der Waals surface area contributed by atoms with E-state index in [0.717, 1.165) is 0 Å². The van der Waals surface area contributed by atoms with Crippen molar-refractivity contribution < 1.29 is 4.79 Å². The van der Waals surface area contributed by atoms with Gasteiger partial charge in [0, 0.05) is 12.4 Å². The third kappa shape index (κ3) is 1.19. The van der Waals surface area contributed by atoms with E-state index in [9.17, 15) is 4.79 Å². The fourth-order valence-corrected chi connectivity index (χ4v) is 0.465. The highest BCUT2D eigenvalue weighted by molar-refractivity contribution is 5.92. The van der Waals surface area contributed by atoms with Crippen LogP contribution in [0.3, 0.4) is 0 Å². The summed E-state index contributed by atoms with van der Waals surface area (Å²) < 4.78 is 0. The summed E-state index contributed by atoms with van der Waals surface area (Å²) >= 11 is 0. The van der Waals surface area contributed by atoms with E-state index in [0.29, 0.717) is 0 Å². The number of aromatic nitrogens is 2. The van der Waals surface area contributed by atoms with E-state index in [1.807, 2.05) is 0 Å². The van der Waals surface area contributed by atoms with Gasteiger partial charge in [0.1, 0.15) is 0 Å². The van der Waals surface area contributed by atoms with Crippen LogP contribution in [0.5, 0.6) is 0 Å². The second-order valence-corrected chi connectivity index (χ2v) is 1.69. The maximum absolute atomic E-state index is 10.4. The summed E-state index contributed by atoms with van der Waals surface area (Å²) in [7, 11) is 0. The molecule has 0 saturated carbocycles. The van der Waals surface area contributed by atoms with Crippen LogP contribution in [0.15, 0.2) is 12.4 Å². The molecule has 5 heteroatoms. The molecule has 0 saturated heterocycles. The summed E-state index contributed by atoms with van der Waals surface area (Å²) in [6.07, 6.45) is 2.56. The van der Waals surface area contributed by atoms with Crippen molar-refractivity contribution >= 4 is 11.9 Å². The highest BCUT2D eigenvalue weighted by Gasteiger charge is 1.98. The molecular weight excluding hydrogens is 132 g/mol. The molecule has 10 heavy (non-hydrogen) atoms. The lowest BCUT2D eigenvalue weighted by molar-refractivity contribution is 0.0999. The van der Waals surface area contributed by atoms with Crippen LogP contribution in [0.4, 0.5) is 5.95 Å². The molecular formula is C5H6N4O. The van der Waals surface area contributed by atoms with Gasteiger partial charge in [-0.2, -0.15) is 0 Å². The fraction of sp³-hybridized carbons (Fsp3) is 0. The van der Waals surface area contributed by atoms with Gasteiger partial charge in [0.2, 0.25) is 5.95 Å². The first-order valence-electron chi connectivity index (χ1n) is 2.57. The topological polar surface area (TPSA) is 94.9 Å². The Morgan fingerprint density at radius 3 is 2.30 bits per heavy atom. The zero-order valence-corrected chi connectivity index (χ0v) is 5.11. The standard InChI is InChI=1S/C5H6N4O/c6-4(10)3-1-8-5(7)9-2-3/h1-2H,(H2,6,10)(H2,7,8,9). The highest BCUT2D eigenvalue weighted by atomic mass is 16.1. The Hall–Kier alpha value is -1.65. The van der Waals surface area contributed by atoms with Crippen molar-refractivity contribution in [2.75, 3.05) is 5.73 Å². The van der Waals surface area contributed by atoms with Crippen LogP contribution >= 0.6 is 0 Å². The van der Waals surface area contributed by atoms with Gasteiger partial charge in [-0.15, -0.1) is 0 Å². The van der Waals surface area contributed by atoms with Gasteiger partial charge in [-0.3, -0.25) is 4.79 Å². The minimum absolute atomic E-state index is 0.130. The van der Waals surface area contributed by atoms with Gasteiger partial charge in [0.15, 0.2) is 0 Å². The van der Waals surface area contributed by atoms with Crippen LogP contribution in [-0.2, 0) is 0 Å². The van der Waals surface area contributed by atoms with Gasteiger partial charge in [-0.05, 0) is 0 Å². The number of anilines is 1. The van der Waals surface area contributed by atoms with Gasteiger partial charge in [-0.25, -0.2) is 9.97 Å². The number of nitrogens with zero attached hydrogens (tertiary/aromatic N) is 2. The Bertz CT molecular complexity index is 242. The zero-order chi connectivity index (χ0) is 7.56. The third-order valence-corrected chi connectivity index (χ3v) is 0.956. The van der Waals surface area contributed by atoms with Crippen LogP contribution in [0, 0.1) is 0 Å². The molecule has 1 heterocycles. The average molecular weight is 138 g/mol. The predicted molar refractivity (Wildman–Crippen MR) is 35.0 cm³/mol. The fourth-order valence-electron chi connectivity index (χ4n) is 0.465. The average Bonchev–Trinajstić information content (AvgIpc) is 1.88. The van der Waals surface area contributed by atoms with Gasteiger partial charge in [-0.1, -0.05) is 0 Å². The second-order valence-electron chi connectivity index (χ2n) is 1.69. The molecule has 4 N–H and O–H groups in total. The molecule has 0 aliphatic heterocycles. The van der Waals surface area contributed by atoms with Gasteiger partial charge in [0.05, 0.1) is 5.56 Å². The minimum atomic E-state index is -0.556. The summed E-state index contributed by atoms with van der Waals surface area (Å²) in [6, 6.07) is 0. The molecule has 1 aromatic rings. The molecule has 52 valence electrons. The Morgan fingerprint density at radius 2 is 1.90 bits per heavy atom. The first kappa shape index (κ1) is 6.47. The number of primary amides is 1. The normalized spacial score (nSPS) is 9.20. The molecule has 0 aromatic carbocycles. The molecule has 0 aliphatic carbocycles. The molecule has 0 aliphatic rings. The van der Waals surface area contributed by atoms with E-state index in [1.54, 1.807) is 0 Å². The molecule has 5 nitrogen and oxygen atoms in total. The maximum atomic E-state index is 10.4. The Labute approximate surface area is 57.1 Å². The zero-order valence-electron chi connectivity index (χ0n) is 5.11. The molecule has 0 spiro atoms. The number of nitrogen functional groups attached to an aromatic ring is 1. The summed E-state index contributed by atoms with van der Waals surface area (Å²) in [5.41, 5.74) is 10.3. The Morgan fingerprint density at radius 1 is 1.40 bits per heavy atom. The number of carbonyl (C=O) groups is 1. The molecule has 0 bridgehead atoms. The van der Waals surface area contributed by atoms with E-state index in [4.69, 9.17) is 11.5 Å². The molecule has 0 radical (unpaired) electrons. The minimum Gasteiger partial charge on any atom is -0.368 e. The SMILES string of the molecule is NC(=O)c1cnc(N)nc1. The second kappa shape index (κ2) is 2.30. The van der Waals surface area contributed by atoms with Gasteiger partial charge in [0.25, 0.3) is 5.91 Å². The molecule has 0 fully saturated rings. The molecule has 0 atom stereocenters. The maximum Gasteiger partial charge on any atom is 0.251 e. The molecule has 1 amide bonds.